The van der Waals surface area contributed by atoms with Crippen LogP contribution in [-0.2, 0) is 0 Å². The summed E-state index contributed by atoms with van der Waals surface area (Å²) in [5.41, 5.74) is 2.32. The summed E-state index contributed by atoms with van der Waals surface area (Å²) in [4.78, 5) is 18.0. The molecule has 5 heteroatoms. The summed E-state index contributed by atoms with van der Waals surface area (Å²) in [6.07, 6.45) is 2.24. The number of benzene rings is 1. The van der Waals surface area contributed by atoms with Crippen molar-refractivity contribution in [2.24, 2.45) is 0 Å². The van der Waals surface area contributed by atoms with Gasteiger partial charge < -0.3 is 10.0 Å². The number of aromatic nitrogens is 1. The quantitative estimate of drug-likeness (QED) is 0.920. The average Bonchev–Trinajstić information content (AvgIpc) is 2.53. The maximum atomic E-state index is 12.5. The highest BCUT2D eigenvalue weighted by Crippen LogP contribution is 2.19. The van der Waals surface area contributed by atoms with Gasteiger partial charge in [-0.3, -0.25) is 9.78 Å². The van der Waals surface area contributed by atoms with Crippen molar-refractivity contribution in [2.45, 2.75) is 20.0 Å². The number of hydrogen-bond acceptors (Lipinski definition) is 3. The van der Waals surface area contributed by atoms with Crippen molar-refractivity contribution < 1.29 is 9.90 Å². The number of aliphatic hydroxyl groups excluding tert-OH is 1. The zero-order valence-corrected chi connectivity index (χ0v) is 13.4. The van der Waals surface area contributed by atoms with E-state index in [4.69, 9.17) is 11.6 Å². The Hall–Kier alpha value is -1.91. The lowest BCUT2D eigenvalue weighted by molar-refractivity contribution is 0.0635. The lowest BCUT2D eigenvalue weighted by atomic mass is 10.1. The van der Waals surface area contributed by atoms with Gasteiger partial charge in [0.25, 0.3) is 5.91 Å². The second kappa shape index (κ2) is 7.38. The van der Waals surface area contributed by atoms with Crippen LogP contribution >= 0.6 is 11.6 Å². The lowest BCUT2D eigenvalue weighted by Gasteiger charge is -2.24. The molecular weight excluding hydrogens is 300 g/mol. The van der Waals surface area contributed by atoms with Gasteiger partial charge in [-0.1, -0.05) is 41.4 Å². The van der Waals surface area contributed by atoms with Crippen LogP contribution in [0, 0.1) is 6.92 Å². The molecule has 0 spiro atoms. The number of carbonyl (C=O) groups is 1. The van der Waals surface area contributed by atoms with E-state index < -0.39 is 6.10 Å². The van der Waals surface area contributed by atoms with Gasteiger partial charge in [0.1, 0.15) is 0 Å². The van der Waals surface area contributed by atoms with Crippen LogP contribution in [0.4, 0.5) is 0 Å². The van der Waals surface area contributed by atoms with Gasteiger partial charge in [0.05, 0.1) is 23.2 Å². The molecule has 0 radical (unpaired) electrons. The molecule has 0 unspecified atom stereocenters. The smallest absolute Gasteiger partial charge is 0.255 e. The highest BCUT2D eigenvalue weighted by Gasteiger charge is 2.20. The van der Waals surface area contributed by atoms with Crippen LogP contribution in [0.25, 0.3) is 0 Å². The number of carbonyl (C=O) groups excluding carboxylic acids is 1. The second-order valence-corrected chi connectivity index (χ2v) is 5.53. The van der Waals surface area contributed by atoms with Crippen molar-refractivity contribution in [2.75, 3.05) is 13.1 Å². The molecule has 2 aromatic rings. The topological polar surface area (TPSA) is 53.4 Å². The Morgan fingerprint density at radius 3 is 2.59 bits per heavy atom. The Kier molecular flexibility index (Phi) is 5.52. The molecule has 0 aliphatic rings. The third kappa shape index (κ3) is 3.84. The Labute approximate surface area is 135 Å². The largest absolute Gasteiger partial charge is 0.387 e. The number of aliphatic hydroxyl groups is 1. The third-order valence-electron chi connectivity index (χ3n) is 3.53. The molecule has 0 saturated heterocycles. The van der Waals surface area contributed by atoms with E-state index in [1.807, 2.05) is 38.1 Å². The van der Waals surface area contributed by atoms with Gasteiger partial charge >= 0.3 is 0 Å². The molecule has 22 heavy (non-hydrogen) atoms. The van der Waals surface area contributed by atoms with Gasteiger partial charge in [-0.25, -0.2) is 0 Å². The van der Waals surface area contributed by atoms with Crippen molar-refractivity contribution in [3.8, 4) is 0 Å². The highest BCUT2D eigenvalue weighted by atomic mass is 35.5. The second-order valence-electron chi connectivity index (χ2n) is 5.13. The summed E-state index contributed by atoms with van der Waals surface area (Å²) in [7, 11) is 0. The molecule has 4 nitrogen and oxygen atoms in total. The molecule has 116 valence electrons. The molecule has 0 aliphatic carbocycles. The standard InChI is InChI=1S/C17H19ClN2O2/c1-3-20(17(22)14-8-9-19-10-15(14)18)11-16(21)13-6-4-12(2)5-7-13/h4-10,16,21H,3,11H2,1-2H3/t16-/m1/s1. The van der Waals surface area contributed by atoms with E-state index in [2.05, 4.69) is 4.98 Å². The molecule has 1 heterocycles. The fraction of sp³-hybridized carbons (Fsp3) is 0.294. The number of rotatable bonds is 5. The van der Waals surface area contributed by atoms with E-state index in [9.17, 15) is 9.90 Å². The lowest BCUT2D eigenvalue weighted by Crippen LogP contribution is -2.34. The molecule has 0 bridgehead atoms. The Morgan fingerprint density at radius 1 is 1.32 bits per heavy atom. The van der Waals surface area contributed by atoms with Gasteiger partial charge in [-0.15, -0.1) is 0 Å². The maximum absolute atomic E-state index is 12.5. The normalized spacial score (nSPS) is 12.0. The van der Waals surface area contributed by atoms with Gasteiger partial charge in [-0.2, -0.15) is 0 Å². The minimum absolute atomic E-state index is 0.207. The monoisotopic (exact) mass is 318 g/mol. The van der Waals surface area contributed by atoms with Crippen molar-refractivity contribution in [1.82, 2.24) is 9.88 Å². The van der Waals surface area contributed by atoms with Gasteiger partial charge in [0.15, 0.2) is 0 Å². The fourth-order valence-corrected chi connectivity index (χ4v) is 2.38. The predicted molar refractivity (Wildman–Crippen MR) is 87.0 cm³/mol. The van der Waals surface area contributed by atoms with E-state index in [0.717, 1.165) is 11.1 Å². The first-order valence-electron chi connectivity index (χ1n) is 7.16. The molecule has 1 N–H and O–H groups in total. The molecule has 1 aromatic heterocycles. The summed E-state index contributed by atoms with van der Waals surface area (Å²) >= 11 is 6.02. The Morgan fingerprint density at radius 2 is 2.00 bits per heavy atom. The SMILES string of the molecule is CCN(C[C@@H](O)c1ccc(C)cc1)C(=O)c1ccncc1Cl. The van der Waals surface area contributed by atoms with Crippen molar-refractivity contribution in [3.63, 3.8) is 0 Å². The van der Waals surface area contributed by atoms with E-state index >= 15 is 0 Å². The number of hydrogen-bond donors (Lipinski definition) is 1. The summed E-state index contributed by atoms with van der Waals surface area (Å²) in [5, 5.41) is 10.7. The van der Waals surface area contributed by atoms with Crippen molar-refractivity contribution in [3.05, 3.63) is 64.4 Å². The van der Waals surface area contributed by atoms with Crippen LogP contribution in [0.1, 0.15) is 34.5 Å². The number of aryl methyl sites for hydroxylation is 1. The first-order chi connectivity index (χ1) is 10.5. The van der Waals surface area contributed by atoms with Gasteiger partial charge in [0.2, 0.25) is 0 Å². The van der Waals surface area contributed by atoms with E-state index in [1.54, 1.807) is 11.0 Å². The number of nitrogens with zero attached hydrogens (tertiary/aromatic N) is 2. The molecule has 1 atom stereocenters. The van der Waals surface area contributed by atoms with Crippen molar-refractivity contribution >= 4 is 17.5 Å². The predicted octanol–water partition coefficient (Wildman–Crippen LogP) is 3.24. The van der Waals surface area contributed by atoms with E-state index in [1.165, 1.54) is 12.4 Å². The Bertz CT molecular complexity index is 643. The zero-order chi connectivity index (χ0) is 16.1. The van der Waals surface area contributed by atoms with Crippen LogP contribution in [0.5, 0.6) is 0 Å². The highest BCUT2D eigenvalue weighted by molar-refractivity contribution is 6.33. The fourth-order valence-electron chi connectivity index (χ4n) is 2.18. The minimum Gasteiger partial charge on any atom is -0.387 e. The van der Waals surface area contributed by atoms with Crippen LogP contribution in [0.2, 0.25) is 5.02 Å². The summed E-state index contributed by atoms with van der Waals surface area (Å²) in [6.45, 7) is 4.57. The van der Waals surface area contributed by atoms with Crippen LogP contribution in [-0.4, -0.2) is 34.0 Å². The molecule has 2 rings (SSSR count). The molecule has 0 saturated carbocycles. The number of amides is 1. The van der Waals surface area contributed by atoms with E-state index in [-0.39, 0.29) is 12.5 Å². The van der Waals surface area contributed by atoms with Crippen molar-refractivity contribution in [1.29, 1.82) is 0 Å². The first kappa shape index (κ1) is 16.5. The summed E-state index contributed by atoms with van der Waals surface area (Å²) < 4.78 is 0. The Balaban J connectivity index is 2.13. The number of likely N-dealkylation sites (N-methyl/N-ethyl adjacent to an activating group) is 1. The minimum atomic E-state index is -0.731. The number of halogens is 1. The summed E-state index contributed by atoms with van der Waals surface area (Å²) in [6, 6.07) is 9.22. The summed E-state index contributed by atoms with van der Waals surface area (Å²) in [5.74, 6) is -0.207. The maximum Gasteiger partial charge on any atom is 0.255 e. The van der Waals surface area contributed by atoms with Crippen LogP contribution in [0.3, 0.4) is 0 Å². The average molecular weight is 319 g/mol. The van der Waals surface area contributed by atoms with Gasteiger partial charge in [0, 0.05) is 18.9 Å². The molecule has 0 aliphatic heterocycles. The van der Waals surface area contributed by atoms with Crippen LogP contribution < -0.4 is 0 Å². The molecule has 1 amide bonds. The molecular formula is C17H19ClN2O2. The zero-order valence-electron chi connectivity index (χ0n) is 12.7. The van der Waals surface area contributed by atoms with E-state index in [0.29, 0.717) is 17.1 Å². The number of pyridine rings is 1. The first-order valence-corrected chi connectivity index (χ1v) is 7.54. The molecule has 0 fully saturated rings. The third-order valence-corrected chi connectivity index (χ3v) is 3.83. The van der Waals surface area contributed by atoms with Gasteiger partial charge in [-0.05, 0) is 25.5 Å². The van der Waals surface area contributed by atoms with Crippen LogP contribution in [0.15, 0.2) is 42.7 Å². The molecule has 1 aromatic carbocycles.